The van der Waals surface area contributed by atoms with Gasteiger partial charge in [0.15, 0.2) is 5.82 Å². The minimum atomic E-state index is -0.709. The number of aromatic amines is 1. The van der Waals surface area contributed by atoms with Crippen LogP contribution in [0.4, 0.5) is 0 Å². The van der Waals surface area contributed by atoms with Crippen LogP contribution in [0.3, 0.4) is 0 Å². The number of benzene rings is 1. The van der Waals surface area contributed by atoms with Crippen molar-refractivity contribution >= 4 is 30.7 Å². The van der Waals surface area contributed by atoms with E-state index in [0.29, 0.717) is 11.6 Å². The van der Waals surface area contributed by atoms with Gasteiger partial charge in [0.25, 0.3) is 0 Å². The first-order valence-electron chi connectivity index (χ1n) is 7.14. The first-order valence-corrected chi connectivity index (χ1v) is 7.14. The van der Waals surface area contributed by atoms with Gasteiger partial charge >= 0.3 is 0 Å². The summed E-state index contributed by atoms with van der Waals surface area (Å²) >= 11 is 0. The molecule has 7 nitrogen and oxygen atoms in total. The van der Waals surface area contributed by atoms with Crippen molar-refractivity contribution in [2.75, 3.05) is 0 Å². The molecule has 0 bridgehead atoms. The van der Waals surface area contributed by atoms with Gasteiger partial charge in [0.05, 0.1) is 6.54 Å². The molecule has 1 amide bonds. The lowest BCUT2D eigenvalue weighted by Crippen LogP contribution is -2.33. The Labute approximate surface area is 157 Å². The number of hydrogen-bond donors (Lipinski definition) is 3. The first-order chi connectivity index (χ1) is 11.2. The quantitative estimate of drug-likeness (QED) is 0.627. The molecule has 3 aromatic rings. The molecule has 0 aliphatic carbocycles. The summed E-state index contributed by atoms with van der Waals surface area (Å²) in [4.78, 5) is 20.4. The third-order valence-corrected chi connectivity index (χ3v) is 3.34. The van der Waals surface area contributed by atoms with Crippen LogP contribution in [-0.4, -0.2) is 26.1 Å². The molecular formula is C16H18Cl2N6O. The number of H-pyrrole nitrogens is 1. The van der Waals surface area contributed by atoms with Gasteiger partial charge in [-0.05, 0) is 17.7 Å². The molecule has 1 atom stereocenters. The summed E-state index contributed by atoms with van der Waals surface area (Å²) in [6.45, 7) is 0.234. The molecule has 0 spiro atoms. The van der Waals surface area contributed by atoms with Crippen molar-refractivity contribution in [3.63, 3.8) is 0 Å². The van der Waals surface area contributed by atoms with E-state index >= 15 is 0 Å². The fourth-order valence-corrected chi connectivity index (χ4v) is 2.10. The van der Waals surface area contributed by atoms with E-state index in [1.54, 1.807) is 12.4 Å². The van der Waals surface area contributed by atoms with Gasteiger partial charge in [-0.1, -0.05) is 30.3 Å². The van der Waals surface area contributed by atoms with E-state index < -0.39 is 6.04 Å². The van der Waals surface area contributed by atoms with Gasteiger partial charge in [0, 0.05) is 18.0 Å². The zero-order valence-electron chi connectivity index (χ0n) is 13.1. The molecule has 9 heteroatoms. The minimum Gasteiger partial charge on any atom is -0.347 e. The van der Waals surface area contributed by atoms with E-state index in [-0.39, 0.29) is 37.3 Å². The van der Waals surface area contributed by atoms with E-state index in [2.05, 4.69) is 25.5 Å². The SMILES string of the molecule is Cl.Cl.N[C@@H](C(=O)NCc1nc(-c2ccncc2)n[nH]1)c1ccccc1. The normalized spacial score (nSPS) is 10.9. The monoisotopic (exact) mass is 380 g/mol. The molecular weight excluding hydrogens is 363 g/mol. The van der Waals surface area contributed by atoms with Crippen molar-refractivity contribution in [2.45, 2.75) is 12.6 Å². The summed E-state index contributed by atoms with van der Waals surface area (Å²) in [6, 6.07) is 12.1. The lowest BCUT2D eigenvalue weighted by molar-refractivity contribution is -0.122. The smallest absolute Gasteiger partial charge is 0.241 e. The molecule has 0 unspecified atom stereocenters. The molecule has 0 radical (unpaired) electrons. The van der Waals surface area contributed by atoms with Gasteiger partial charge in [0.2, 0.25) is 5.91 Å². The molecule has 4 N–H and O–H groups in total. The number of aromatic nitrogens is 4. The van der Waals surface area contributed by atoms with Crippen LogP contribution in [0.1, 0.15) is 17.4 Å². The van der Waals surface area contributed by atoms with Crippen LogP contribution < -0.4 is 11.1 Å². The van der Waals surface area contributed by atoms with Crippen molar-refractivity contribution in [3.05, 3.63) is 66.2 Å². The molecule has 0 aliphatic rings. The summed E-state index contributed by atoms with van der Waals surface area (Å²) in [5, 5.41) is 9.67. The summed E-state index contributed by atoms with van der Waals surface area (Å²) in [5.74, 6) is 0.854. The highest BCUT2D eigenvalue weighted by molar-refractivity contribution is 5.85. The molecule has 2 heterocycles. The number of nitrogens with two attached hydrogens (primary N) is 1. The van der Waals surface area contributed by atoms with Crippen LogP contribution in [0, 0.1) is 0 Å². The number of halogens is 2. The average Bonchev–Trinajstić information content (AvgIpc) is 3.09. The number of hydrogen-bond acceptors (Lipinski definition) is 5. The van der Waals surface area contributed by atoms with Crippen molar-refractivity contribution in [1.29, 1.82) is 0 Å². The third kappa shape index (κ3) is 5.25. The number of carbonyl (C=O) groups is 1. The second kappa shape index (κ2) is 9.73. The lowest BCUT2D eigenvalue weighted by Gasteiger charge is -2.11. The zero-order chi connectivity index (χ0) is 16.1. The molecule has 132 valence electrons. The predicted molar refractivity (Wildman–Crippen MR) is 99.3 cm³/mol. The van der Waals surface area contributed by atoms with E-state index in [1.807, 2.05) is 42.5 Å². The topological polar surface area (TPSA) is 110 Å². The van der Waals surface area contributed by atoms with Crippen LogP contribution in [0.15, 0.2) is 54.9 Å². The van der Waals surface area contributed by atoms with E-state index in [4.69, 9.17) is 5.73 Å². The largest absolute Gasteiger partial charge is 0.347 e. The van der Waals surface area contributed by atoms with Crippen molar-refractivity contribution in [1.82, 2.24) is 25.5 Å². The maximum absolute atomic E-state index is 12.1. The molecule has 0 aliphatic heterocycles. The Morgan fingerprint density at radius 2 is 1.80 bits per heavy atom. The van der Waals surface area contributed by atoms with Gasteiger partial charge in [-0.3, -0.25) is 14.9 Å². The average molecular weight is 381 g/mol. The summed E-state index contributed by atoms with van der Waals surface area (Å²) in [5.41, 5.74) is 7.55. The van der Waals surface area contributed by atoms with E-state index in [1.165, 1.54) is 0 Å². The van der Waals surface area contributed by atoms with Crippen LogP contribution in [0.25, 0.3) is 11.4 Å². The van der Waals surface area contributed by atoms with Gasteiger partial charge < -0.3 is 11.1 Å². The van der Waals surface area contributed by atoms with Gasteiger partial charge in [-0.25, -0.2) is 4.98 Å². The Kier molecular flexibility index (Phi) is 8.00. The van der Waals surface area contributed by atoms with E-state index in [0.717, 1.165) is 11.1 Å². The number of rotatable bonds is 5. The molecule has 0 saturated heterocycles. The summed E-state index contributed by atoms with van der Waals surface area (Å²) in [7, 11) is 0. The van der Waals surface area contributed by atoms with Crippen LogP contribution in [0.5, 0.6) is 0 Å². The second-order valence-electron chi connectivity index (χ2n) is 4.95. The highest BCUT2D eigenvalue weighted by atomic mass is 35.5. The summed E-state index contributed by atoms with van der Waals surface area (Å²) in [6.07, 6.45) is 3.35. The maximum Gasteiger partial charge on any atom is 0.241 e. The van der Waals surface area contributed by atoms with Gasteiger partial charge in [-0.2, -0.15) is 5.10 Å². The first kappa shape index (κ1) is 20.6. The molecule has 0 fully saturated rings. The van der Waals surface area contributed by atoms with Gasteiger partial charge in [0.1, 0.15) is 11.9 Å². The van der Waals surface area contributed by atoms with Crippen molar-refractivity contribution < 1.29 is 4.79 Å². The lowest BCUT2D eigenvalue weighted by atomic mass is 10.1. The minimum absolute atomic E-state index is 0. The summed E-state index contributed by atoms with van der Waals surface area (Å²) < 4.78 is 0. The van der Waals surface area contributed by atoms with E-state index in [9.17, 15) is 4.79 Å². The van der Waals surface area contributed by atoms with Crippen LogP contribution in [-0.2, 0) is 11.3 Å². The number of nitrogens with one attached hydrogen (secondary N) is 2. The van der Waals surface area contributed by atoms with Crippen molar-refractivity contribution in [3.8, 4) is 11.4 Å². The molecule has 2 aromatic heterocycles. The highest BCUT2D eigenvalue weighted by Gasteiger charge is 2.15. The molecule has 3 rings (SSSR count). The number of nitrogens with zero attached hydrogens (tertiary/aromatic N) is 3. The Balaban J connectivity index is 0.00000156. The predicted octanol–water partition coefficient (Wildman–Crippen LogP) is 2.03. The fourth-order valence-electron chi connectivity index (χ4n) is 2.10. The van der Waals surface area contributed by atoms with Gasteiger partial charge in [-0.15, -0.1) is 24.8 Å². The zero-order valence-corrected chi connectivity index (χ0v) is 14.8. The molecule has 0 saturated carbocycles. The molecule has 1 aromatic carbocycles. The van der Waals surface area contributed by atoms with Crippen LogP contribution in [0.2, 0.25) is 0 Å². The standard InChI is InChI=1S/C16H16N6O.2ClH/c17-14(11-4-2-1-3-5-11)16(23)19-10-13-20-15(22-21-13)12-6-8-18-9-7-12;;/h1-9,14H,10,17H2,(H,19,23)(H,20,21,22);2*1H/t14-;;/m1../s1. The number of pyridine rings is 1. The number of amides is 1. The third-order valence-electron chi connectivity index (χ3n) is 3.34. The number of carbonyl (C=O) groups excluding carboxylic acids is 1. The van der Waals surface area contributed by atoms with Crippen LogP contribution >= 0.6 is 24.8 Å². The van der Waals surface area contributed by atoms with Crippen molar-refractivity contribution in [2.24, 2.45) is 5.73 Å². The second-order valence-corrected chi connectivity index (χ2v) is 4.95. The Morgan fingerprint density at radius 3 is 2.48 bits per heavy atom. The Bertz CT molecular complexity index is 782. The Morgan fingerprint density at radius 1 is 1.12 bits per heavy atom. The Hall–Kier alpha value is -2.48. The molecule has 25 heavy (non-hydrogen) atoms. The fraction of sp³-hybridized carbons (Fsp3) is 0.125. The highest BCUT2D eigenvalue weighted by Crippen LogP contribution is 2.13. The maximum atomic E-state index is 12.1.